The van der Waals surface area contributed by atoms with Crippen LogP contribution in [0.5, 0.6) is 0 Å². The van der Waals surface area contributed by atoms with Crippen LogP contribution in [-0.4, -0.2) is 24.2 Å². The van der Waals surface area contributed by atoms with Gasteiger partial charge < -0.3 is 14.8 Å². The van der Waals surface area contributed by atoms with Crippen molar-refractivity contribution in [3.8, 4) is 0 Å². The summed E-state index contributed by atoms with van der Waals surface area (Å²) in [7, 11) is 0. The van der Waals surface area contributed by atoms with Crippen molar-refractivity contribution in [2.24, 2.45) is 11.3 Å². The van der Waals surface area contributed by atoms with Gasteiger partial charge in [0.2, 0.25) is 0 Å². The minimum absolute atomic E-state index is 0.0391. The van der Waals surface area contributed by atoms with E-state index in [1.54, 1.807) is 6.08 Å². The van der Waals surface area contributed by atoms with E-state index in [1.165, 1.54) is 0 Å². The van der Waals surface area contributed by atoms with Crippen LogP contribution in [-0.2, 0) is 14.3 Å². The molecule has 5 nitrogen and oxygen atoms in total. The molecule has 0 aromatic heterocycles. The molecule has 0 radical (unpaired) electrons. The summed E-state index contributed by atoms with van der Waals surface area (Å²) in [6, 6.07) is 0.0391. The van der Waals surface area contributed by atoms with Crippen molar-refractivity contribution in [3.63, 3.8) is 0 Å². The lowest BCUT2D eigenvalue weighted by Crippen LogP contribution is -2.34. The van der Waals surface area contributed by atoms with Crippen LogP contribution in [0.4, 0.5) is 4.79 Å². The van der Waals surface area contributed by atoms with E-state index in [9.17, 15) is 9.59 Å². The Morgan fingerprint density at radius 1 is 1.22 bits per heavy atom. The minimum atomic E-state index is -0.532. The summed E-state index contributed by atoms with van der Waals surface area (Å²) in [5.41, 5.74) is 0.475. The number of carbonyl (C=O) groups is 2. The Labute approximate surface area is 139 Å². The van der Waals surface area contributed by atoms with Crippen molar-refractivity contribution < 1.29 is 19.1 Å². The van der Waals surface area contributed by atoms with Gasteiger partial charge in [0, 0.05) is 12.0 Å². The predicted octanol–water partition coefficient (Wildman–Crippen LogP) is 3.95. The lowest BCUT2D eigenvalue weighted by molar-refractivity contribution is -0.149. The van der Waals surface area contributed by atoms with Crippen LogP contribution in [0.2, 0.25) is 0 Å². The molecule has 0 aromatic rings. The normalized spacial score (nSPS) is 19.6. The van der Waals surface area contributed by atoms with E-state index in [0.717, 1.165) is 5.57 Å². The summed E-state index contributed by atoms with van der Waals surface area (Å²) >= 11 is 0. The number of carbonyl (C=O) groups excluding carboxylic acids is 2. The van der Waals surface area contributed by atoms with Crippen LogP contribution in [0.15, 0.2) is 23.5 Å². The molecule has 0 saturated carbocycles. The first-order valence-electron chi connectivity index (χ1n) is 8.10. The van der Waals surface area contributed by atoms with Crippen LogP contribution in [0.1, 0.15) is 54.9 Å². The van der Waals surface area contributed by atoms with Crippen LogP contribution in [0.25, 0.3) is 0 Å². The Bertz CT molecular complexity index is 512. The van der Waals surface area contributed by atoms with Gasteiger partial charge in [0.25, 0.3) is 0 Å². The smallest absolute Gasteiger partial charge is 0.407 e. The topological polar surface area (TPSA) is 64.6 Å². The second-order valence-electron chi connectivity index (χ2n) is 7.40. The zero-order chi connectivity index (χ0) is 17.8. The summed E-state index contributed by atoms with van der Waals surface area (Å²) < 4.78 is 10.9. The van der Waals surface area contributed by atoms with Crippen molar-refractivity contribution >= 4 is 12.1 Å². The highest BCUT2D eigenvalue weighted by atomic mass is 16.6. The molecule has 0 fully saturated rings. The van der Waals surface area contributed by atoms with E-state index in [0.29, 0.717) is 12.2 Å². The molecule has 0 heterocycles. The molecule has 2 atom stereocenters. The second-order valence-corrected chi connectivity index (χ2v) is 7.40. The molecule has 1 rings (SSSR count). The summed E-state index contributed by atoms with van der Waals surface area (Å²) in [5, 5.41) is 2.70. The first kappa shape index (κ1) is 19.3. The molecule has 0 saturated heterocycles. The number of rotatable bonds is 4. The highest BCUT2D eigenvalue weighted by molar-refractivity contribution is 5.76. The van der Waals surface area contributed by atoms with E-state index in [-0.39, 0.29) is 24.0 Å². The van der Waals surface area contributed by atoms with Gasteiger partial charge in [0.05, 0.1) is 5.41 Å². The quantitative estimate of drug-likeness (QED) is 0.796. The van der Waals surface area contributed by atoms with Gasteiger partial charge in [-0.05, 0) is 59.6 Å². The Kier molecular flexibility index (Phi) is 6.42. The van der Waals surface area contributed by atoms with Crippen molar-refractivity contribution in [2.75, 3.05) is 0 Å². The molecule has 0 spiro atoms. The monoisotopic (exact) mass is 323 g/mol. The summed E-state index contributed by atoms with van der Waals surface area (Å²) in [6.07, 6.45) is 3.63. The third kappa shape index (κ3) is 6.08. The third-order valence-electron chi connectivity index (χ3n) is 3.52. The van der Waals surface area contributed by atoms with Crippen LogP contribution < -0.4 is 5.32 Å². The summed E-state index contributed by atoms with van der Waals surface area (Å²) in [4.78, 5) is 23.6. The highest BCUT2D eigenvalue weighted by Crippen LogP contribution is 2.30. The van der Waals surface area contributed by atoms with E-state index < -0.39 is 11.5 Å². The van der Waals surface area contributed by atoms with Gasteiger partial charge in [-0.3, -0.25) is 4.79 Å². The second kappa shape index (κ2) is 7.66. The number of allylic oxidation sites excluding steroid dienone is 3. The summed E-state index contributed by atoms with van der Waals surface area (Å²) in [5.74, 6) is 0.487. The molecular weight excluding hydrogens is 294 g/mol. The van der Waals surface area contributed by atoms with Gasteiger partial charge in [0.15, 0.2) is 0 Å². The number of nitrogens with one attached hydrogen (secondary N) is 1. The fraction of sp³-hybridized carbons (Fsp3) is 0.667. The summed E-state index contributed by atoms with van der Waals surface area (Å²) in [6.45, 7) is 13.1. The van der Waals surface area contributed by atoms with E-state index in [4.69, 9.17) is 9.47 Å². The molecular formula is C18H29NO4. The van der Waals surface area contributed by atoms with Gasteiger partial charge in [-0.25, -0.2) is 4.79 Å². The molecule has 1 amide bonds. The number of hydrogen-bond donors (Lipinski definition) is 1. The average molecular weight is 323 g/mol. The molecule has 1 aliphatic carbocycles. The first-order valence-corrected chi connectivity index (χ1v) is 8.10. The molecule has 0 aliphatic heterocycles. The fourth-order valence-electron chi connectivity index (χ4n) is 2.08. The van der Waals surface area contributed by atoms with Crippen molar-refractivity contribution in [1.82, 2.24) is 5.32 Å². The van der Waals surface area contributed by atoms with E-state index >= 15 is 0 Å². The van der Waals surface area contributed by atoms with E-state index in [1.807, 2.05) is 54.5 Å². The fourth-order valence-corrected chi connectivity index (χ4v) is 2.08. The largest absolute Gasteiger partial charge is 0.442 e. The molecule has 0 aromatic carbocycles. The zero-order valence-electron chi connectivity index (χ0n) is 15.2. The number of hydrogen-bond acceptors (Lipinski definition) is 4. The maximum atomic E-state index is 12.0. The number of alkyl carbamates (subject to hydrolysis) is 1. The van der Waals surface area contributed by atoms with Crippen LogP contribution >= 0.6 is 0 Å². The van der Waals surface area contributed by atoms with Gasteiger partial charge in [0.1, 0.15) is 11.9 Å². The van der Waals surface area contributed by atoms with Crippen molar-refractivity contribution in [2.45, 2.75) is 67.0 Å². The van der Waals surface area contributed by atoms with Crippen molar-refractivity contribution in [1.29, 1.82) is 0 Å². The third-order valence-corrected chi connectivity index (χ3v) is 3.52. The number of ether oxygens (including phenoxy) is 2. The van der Waals surface area contributed by atoms with Gasteiger partial charge in [-0.15, -0.1) is 0 Å². The predicted molar refractivity (Wildman–Crippen MR) is 89.7 cm³/mol. The lowest BCUT2D eigenvalue weighted by Gasteiger charge is -2.26. The minimum Gasteiger partial charge on any atom is -0.442 e. The molecule has 130 valence electrons. The molecule has 1 aliphatic rings. The Morgan fingerprint density at radius 3 is 2.30 bits per heavy atom. The maximum Gasteiger partial charge on any atom is 0.407 e. The van der Waals surface area contributed by atoms with Gasteiger partial charge >= 0.3 is 12.1 Å². The van der Waals surface area contributed by atoms with Crippen LogP contribution in [0, 0.1) is 11.3 Å². The molecule has 1 unspecified atom stereocenters. The number of esters is 1. The Morgan fingerprint density at radius 2 is 1.83 bits per heavy atom. The zero-order valence-corrected chi connectivity index (χ0v) is 15.2. The van der Waals surface area contributed by atoms with E-state index in [2.05, 4.69) is 5.32 Å². The van der Waals surface area contributed by atoms with Gasteiger partial charge in [-0.1, -0.05) is 13.0 Å². The van der Waals surface area contributed by atoms with Gasteiger partial charge in [-0.2, -0.15) is 0 Å². The first-order chi connectivity index (χ1) is 10.5. The standard InChI is InChI=1S/C18H29NO4/c1-11(2)19-17(21)22-13(4)14-8-9-15(12(3)10-14)23-16(20)18(5,6)7/h8-9,11-13H,10H2,1-7H3,(H,19,21)/t12?,13-/m0/s1. The molecule has 5 heteroatoms. The Balaban J connectivity index is 2.71. The lowest BCUT2D eigenvalue weighted by atomic mass is 9.91. The molecule has 0 bridgehead atoms. The highest BCUT2D eigenvalue weighted by Gasteiger charge is 2.28. The average Bonchev–Trinajstić information content (AvgIpc) is 2.38. The SMILES string of the molecule is CC(C)NC(=O)O[C@@H](C)C1=CC=C(OC(=O)C(C)(C)C)C(C)C1. The Hall–Kier alpha value is -1.78. The van der Waals surface area contributed by atoms with Crippen LogP contribution in [0.3, 0.4) is 0 Å². The maximum absolute atomic E-state index is 12.0. The molecule has 23 heavy (non-hydrogen) atoms. The number of amides is 1. The van der Waals surface area contributed by atoms with Crippen molar-refractivity contribution in [3.05, 3.63) is 23.5 Å². The molecule has 1 N–H and O–H groups in total.